The zero-order valence-corrected chi connectivity index (χ0v) is 18.1. The van der Waals surface area contributed by atoms with E-state index in [0.717, 1.165) is 50.6 Å². The molecule has 2 N–H and O–H groups in total. The molecule has 164 valence electrons. The van der Waals surface area contributed by atoms with Crippen molar-refractivity contribution in [3.05, 3.63) is 29.3 Å². The molecule has 3 aliphatic rings. The van der Waals surface area contributed by atoms with E-state index in [1.165, 1.54) is 5.69 Å². The van der Waals surface area contributed by atoms with Crippen molar-refractivity contribution < 1.29 is 14.3 Å². The van der Waals surface area contributed by atoms with Crippen molar-refractivity contribution in [1.82, 2.24) is 9.80 Å². The Labute approximate surface area is 183 Å². The number of piperazine rings is 1. The molecule has 0 radical (unpaired) electrons. The van der Waals surface area contributed by atoms with Gasteiger partial charge >= 0.3 is 5.97 Å². The maximum atomic E-state index is 12.6. The standard InChI is InChI=1S/C22H31ClN4O3/c23-17-2-1-3-18(14-17)26-12-10-25(11-13-26)7-4-19-15-22(21(29)30-19)5-8-27(9-6-22)20(28)16-24/h1-3,14,19H,4-13,15-16,24H2/t19-/m0/s1. The van der Waals surface area contributed by atoms with Crippen molar-refractivity contribution in [3.63, 3.8) is 0 Å². The molecule has 30 heavy (non-hydrogen) atoms. The topological polar surface area (TPSA) is 79.1 Å². The van der Waals surface area contributed by atoms with Crippen LogP contribution >= 0.6 is 11.6 Å². The normalized spacial score (nSPS) is 24.3. The molecule has 3 saturated heterocycles. The first-order valence-corrected chi connectivity index (χ1v) is 11.3. The summed E-state index contributed by atoms with van der Waals surface area (Å²) < 4.78 is 5.75. The lowest BCUT2D eigenvalue weighted by atomic mass is 9.75. The lowest BCUT2D eigenvalue weighted by molar-refractivity contribution is -0.152. The monoisotopic (exact) mass is 434 g/mol. The highest BCUT2D eigenvalue weighted by Gasteiger charge is 2.50. The second kappa shape index (κ2) is 9.12. The molecule has 4 rings (SSSR count). The smallest absolute Gasteiger partial charge is 0.312 e. The van der Waals surface area contributed by atoms with Crippen molar-refractivity contribution in [2.75, 3.05) is 57.3 Å². The summed E-state index contributed by atoms with van der Waals surface area (Å²) in [5.41, 5.74) is 6.23. The maximum absolute atomic E-state index is 12.6. The summed E-state index contributed by atoms with van der Waals surface area (Å²) in [6.07, 6.45) is 3.01. The Bertz CT molecular complexity index is 773. The van der Waals surface area contributed by atoms with Crippen molar-refractivity contribution in [2.45, 2.75) is 31.8 Å². The number of hydrogen-bond acceptors (Lipinski definition) is 6. The number of hydrogen-bond donors (Lipinski definition) is 1. The van der Waals surface area contributed by atoms with E-state index in [2.05, 4.69) is 15.9 Å². The third kappa shape index (κ3) is 4.58. The van der Waals surface area contributed by atoms with Gasteiger partial charge in [0.1, 0.15) is 6.10 Å². The summed E-state index contributed by atoms with van der Waals surface area (Å²) in [6, 6.07) is 8.01. The molecule has 3 aliphatic heterocycles. The average molecular weight is 435 g/mol. The predicted octanol–water partition coefficient (Wildman–Crippen LogP) is 1.74. The number of anilines is 1. The number of esters is 1. The number of benzene rings is 1. The van der Waals surface area contributed by atoms with Crippen LogP contribution in [0.1, 0.15) is 25.7 Å². The Kier molecular flexibility index (Phi) is 6.51. The number of likely N-dealkylation sites (tertiary alicyclic amines) is 1. The molecule has 0 aliphatic carbocycles. The fourth-order valence-electron chi connectivity index (χ4n) is 4.95. The largest absolute Gasteiger partial charge is 0.462 e. The van der Waals surface area contributed by atoms with Gasteiger partial charge in [-0.2, -0.15) is 0 Å². The van der Waals surface area contributed by atoms with E-state index in [1.807, 2.05) is 18.2 Å². The van der Waals surface area contributed by atoms with Crippen LogP contribution in [0.2, 0.25) is 5.02 Å². The van der Waals surface area contributed by atoms with Crippen LogP contribution in [0, 0.1) is 5.41 Å². The lowest BCUT2D eigenvalue weighted by Crippen LogP contribution is -2.47. The summed E-state index contributed by atoms with van der Waals surface area (Å²) in [5.74, 6) is -0.109. The Hall–Kier alpha value is -1.83. The molecule has 1 aromatic carbocycles. The molecule has 0 unspecified atom stereocenters. The molecule has 1 amide bonds. The van der Waals surface area contributed by atoms with E-state index in [0.29, 0.717) is 25.9 Å². The molecule has 7 nitrogen and oxygen atoms in total. The number of nitrogens with zero attached hydrogens (tertiary/aromatic N) is 3. The van der Waals surface area contributed by atoms with E-state index >= 15 is 0 Å². The minimum atomic E-state index is -0.401. The van der Waals surface area contributed by atoms with Gasteiger partial charge < -0.3 is 20.3 Å². The van der Waals surface area contributed by atoms with Gasteiger partial charge in [0.05, 0.1) is 12.0 Å². The first kappa shape index (κ1) is 21.4. The molecule has 0 saturated carbocycles. The number of cyclic esters (lactones) is 1. The molecular formula is C22H31ClN4O3. The van der Waals surface area contributed by atoms with Crippen LogP contribution in [0.15, 0.2) is 24.3 Å². The predicted molar refractivity (Wildman–Crippen MR) is 117 cm³/mol. The Morgan fingerprint density at radius 2 is 1.90 bits per heavy atom. The summed E-state index contributed by atoms with van der Waals surface area (Å²) in [5, 5.41) is 0.769. The van der Waals surface area contributed by atoms with Gasteiger partial charge in [0.15, 0.2) is 0 Å². The van der Waals surface area contributed by atoms with E-state index < -0.39 is 5.41 Å². The highest BCUT2D eigenvalue weighted by atomic mass is 35.5. The number of rotatable bonds is 5. The van der Waals surface area contributed by atoms with Crippen LogP contribution < -0.4 is 10.6 Å². The third-order valence-electron chi connectivity index (χ3n) is 6.89. The molecule has 1 aromatic rings. The van der Waals surface area contributed by atoms with Gasteiger partial charge in [-0.05, 0) is 37.5 Å². The first-order valence-electron chi connectivity index (χ1n) is 10.9. The quantitative estimate of drug-likeness (QED) is 0.711. The zero-order chi connectivity index (χ0) is 21.1. The van der Waals surface area contributed by atoms with Crippen molar-refractivity contribution in [3.8, 4) is 0 Å². The highest BCUT2D eigenvalue weighted by Crippen LogP contribution is 2.43. The van der Waals surface area contributed by atoms with Crippen molar-refractivity contribution in [1.29, 1.82) is 0 Å². The average Bonchev–Trinajstić information content (AvgIpc) is 3.07. The number of carbonyl (C=O) groups is 2. The number of piperidine rings is 1. The van der Waals surface area contributed by atoms with Crippen LogP contribution in [-0.2, 0) is 14.3 Å². The number of nitrogens with two attached hydrogens (primary N) is 1. The van der Waals surface area contributed by atoms with Crippen LogP contribution in [-0.4, -0.2) is 80.1 Å². The van der Waals surface area contributed by atoms with E-state index in [4.69, 9.17) is 22.1 Å². The van der Waals surface area contributed by atoms with E-state index in [9.17, 15) is 9.59 Å². The van der Waals surface area contributed by atoms with Crippen LogP contribution in [0.3, 0.4) is 0 Å². The molecule has 3 heterocycles. The second-order valence-corrected chi connectivity index (χ2v) is 9.13. The summed E-state index contributed by atoms with van der Waals surface area (Å²) >= 11 is 6.12. The SMILES string of the molecule is NCC(=O)N1CCC2(CC1)C[C@H](CCN1CCN(c3cccc(Cl)c3)CC1)OC2=O. The molecule has 3 fully saturated rings. The van der Waals surface area contributed by atoms with Crippen molar-refractivity contribution >= 4 is 29.2 Å². The lowest BCUT2D eigenvalue weighted by Gasteiger charge is -2.37. The molecule has 8 heteroatoms. The third-order valence-corrected chi connectivity index (χ3v) is 7.12. The van der Waals surface area contributed by atoms with Gasteiger partial charge in [0.2, 0.25) is 5.91 Å². The van der Waals surface area contributed by atoms with Gasteiger partial charge in [-0.3, -0.25) is 14.5 Å². The highest BCUT2D eigenvalue weighted by molar-refractivity contribution is 6.30. The molecular weight excluding hydrogens is 404 g/mol. The number of amides is 1. The first-order chi connectivity index (χ1) is 14.5. The minimum Gasteiger partial charge on any atom is -0.462 e. The molecule has 1 atom stereocenters. The Balaban J connectivity index is 1.22. The van der Waals surface area contributed by atoms with E-state index in [1.54, 1.807) is 4.90 Å². The Morgan fingerprint density at radius 1 is 1.17 bits per heavy atom. The number of halogens is 1. The Morgan fingerprint density at radius 3 is 2.57 bits per heavy atom. The van der Waals surface area contributed by atoms with Crippen molar-refractivity contribution in [2.24, 2.45) is 11.1 Å². The van der Waals surface area contributed by atoms with Crippen LogP contribution in [0.5, 0.6) is 0 Å². The van der Waals surface area contributed by atoms with Gasteiger partial charge in [-0.25, -0.2) is 0 Å². The van der Waals surface area contributed by atoms with Gasteiger partial charge in [-0.1, -0.05) is 17.7 Å². The fourth-order valence-corrected chi connectivity index (χ4v) is 5.13. The molecule has 0 aromatic heterocycles. The summed E-state index contributed by atoms with van der Waals surface area (Å²) in [7, 11) is 0. The maximum Gasteiger partial charge on any atom is 0.312 e. The molecule has 0 bridgehead atoms. The summed E-state index contributed by atoms with van der Waals surface area (Å²) in [4.78, 5) is 31.0. The molecule has 1 spiro atoms. The van der Waals surface area contributed by atoms with Gasteiger partial charge in [0.25, 0.3) is 0 Å². The fraction of sp³-hybridized carbons (Fsp3) is 0.636. The zero-order valence-electron chi connectivity index (χ0n) is 17.4. The minimum absolute atomic E-state index is 0.0137. The van der Waals surface area contributed by atoms with E-state index in [-0.39, 0.29) is 24.5 Å². The summed E-state index contributed by atoms with van der Waals surface area (Å²) in [6.45, 7) is 6.11. The number of ether oxygens (including phenoxy) is 1. The van der Waals surface area contributed by atoms with Crippen LogP contribution in [0.25, 0.3) is 0 Å². The number of carbonyl (C=O) groups excluding carboxylic acids is 2. The van der Waals surface area contributed by atoms with Gasteiger partial charge in [-0.15, -0.1) is 0 Å². The van der Waals surface area contributed by atoms with Crippen LogP contribution in [0.4, 0.5) is 5.69 Å². The van der Waals surface area contributed by atoms with Gasteiger partial charge in [0, 0.05) is 62.9 Å². The second-order valence-electron chi connectivity index (χ2n) is 8.69.